The minimum absolute atomic E-state index is 0.173. The molecule has 0 aromatic carbocycles. The summed E-state index contributed by atoms with van der Waals surface area (Å²) < 4.78 is 5.47. The Morgan fingerprint density at radius 2 is 2.14 bits per heavy atom. The third kappa shape index (κ3) is 5.83. The van der Waals surface area contributed by atoms with E-state index < -0.39 is 5.60 Å². The first-order valence-electron chi connectivity index (χ1n) is 8.36. The maximum Gasteiger partial charge on any atom is 0.410 e. The maximum absolute atomic E-state index is 12.1. The van der Waals surface area contributed by atoms with Crippen molar-refractivity contribution in [2.75, 3.05) is 32.7 Å². The number of nitrogens with one attached hydrogen (secondary N) is 2. The van der Waals surface area contributed by atoms with E-state index in [2.05, 4.69) is 10.6 Å². The van der Waals surface area contributed by atoms with Crippen molar-refractivity contribution in [2.24, 2.45) is 5.92 Å². The van der Waals surface area contributed by atoms with Gasteiger partial charge in [0.15, 0.2) is 0 Å². The lowest BCUT2D eigenvalue weighted by Gasteiger charge is -2.35. The van der Waals surface area contributed by atoms with Gasteiger partial charge in [-0.15, -0.1) is 0 Å². The molecule has 2 fully saturated rings. The van der Waals surface area contributed by atoms with Crippen LogP contribution in [-0.2, 0) is 4.74 Å². The summed E-state index contributed by atoms with van der Waals surface area (Å²) in [5.74, 6) is 0.732. The third-order valence-electron chi connectivity index (χ3n) is 4.17. The van der Waals surface area contributed by atoms with Gasteiger partial charge in [-0.05, 0) is 72.0 Å². The van der Waals surface area contributed by atoms with Crippen molar-refractivity contribution in [2.45, 2.75) is 58.1 Å². The van der Waals surface area contributed by atoms with E-state index in [4.69, 9.17) is 4.74 Å². The molecule has 2 unspecified atom stereocenters. The van der Waals surface area contributed by atoms with Crippen LogP contribution in [0.25, 0.3) is 0 Å². The van der Waals surface area contributed by atoms with E-state index in [1.807, 2.05) is 25.7 Å². The molecular formula is C16H31N3O2. The van der Waals surface area contributed by atoms with Crippen LogP contribution >= 0.6 is 0 Å². The lowest BCUT2D eigenvalue weighted by Crippen LogP contribution is -2.50. The number of ether oxygens (including phenoxy) is 1. The molecule has 21 heavy (non-hydrogen) atoms. The predicted octanol–water partition coefficient (Wildman–Crippen LogP) is 1.98. The monoisotopic (exact) mass is 297 g/mol. The van der Waals surface area contributed by atoms with Crippen LogP contribution in [0.4, 0.5) is 4.79 Å². The second kappa shape index (κ2) is 7.45. The van der Waals surface area contributed by atoms with Crippen molar-refractivity contribution in [1.29, 1.82) is 0 Å². The molecule has 5 heteroatoms. The molecule has 0 aromatic rings. The highest BCUT2D eigenvalue weighted by atomic mass is 16.6. The molecule has 2 atom stereocenters. The van der Waals surface area contributed by atoms with Gasteiger partial charge < -0.3 is 20.3 Å². The van der Waals surface area contributed by atoms with Gasteiger partial charge in [0.25, 0.3) is 0 Å². The molecule has 122 valence electrons. The summed E-state index contributed by atoms with van der Waals surface area (Å²) in [6, 6.07) is 0.410. The Hall–Kier alpha value is -0.810. The molecule has 0 bridgehead atoms. The zero-order valence-corrected chi connectivity index (χ0v) is 13.8. The summed E-state index contributed by atoms with van der Waals surface area (Å²) in [5.41, 5.74) is -0.411. The number of amides is 1. The summed E-state index contributed by atoms with van der Waals surface area (Å²) in [6.07, 6.45) is 4.62. The summed E-state index contributed by atoms with van der Waals surface area (Å²) in [5, 5.41) is 7.10. The molecular weight excluding hydrogens is 266 g/mol. The number of rotatable bonds is 3. The SMILES string of the molecule is CC(C)(C)OC(=O)N1CCCC(NCC2CCCNC2)C1. The highest BCUT2D eigenvalue weighted by Gasteiger charge is 2.27. The van der Waals surface area contributed by atoms with Gasteiger partial charge >= 0.3 is 6.09 Å². The predicted molar refractivity (Wildman–Crippen MR) is 84.4 cm³/mol. The normalized spacial score (nSPS) is 27.5. The minimum Gasteiger partial charge on any atom is -0.444 e. The number of carbonyl (C=O) groups is 1. The van der Waals surface area contributed by atoms with E-state index in [0.717, 1.165) is 51.5 Å². The van der Waals surface area contributed by atoms with Gasteiger partial charge in [0.2, 0.25) is 0 Å². The van der Waals surface area contributed by atoms with Crippen LogP contribution in [0, 0.1) is 5.92 Å². The third-order valence-corrected chi connectivity index (χ3v) is 4.17. The number of hydrogen-bond acceptors (Lipinski definition) is 4. The van der Waals surface area contributed by atoms with Crippen LogP contribution < -0.4 is 10.6 Å². The van der Waals surface area contributed by atoms with E-state index >= 15 is 0 Å². The van der Waals surface area contributed by atoms with E-state index in [1.165, 1.54) is 12.8 Å². The Balaban J connectivity index is 1.73. The minimum atomic E-state index is -0.411. The van der Waals surface area contributed by atoms with Crippen molar-refractivity contribution in [3.05, 3.63) is 0 Å². The average molecular weight is 297 g/mol. The van der Waals surface area contributed by atoms with Crippen LogP contribution in [0.3, 0.4) is 0 Å². The Morgan fingerprint density at radius 3 is 2.81 bits per heavy atom. The van der Waals surface area contributed by atoms with Crippen molar-refractivity contribution in [1.82, 2.24) is 15.5 Å². The van der Waals surface area contributed by atoms with Gasteiger partial charge in [-0.1, -0.05) is 0 Å². The molecule has 0 saturated carbocycles. The Labute approximate surface area is 128 Å². The molecule has 2 N–H and O–H groups in total. The van der Waals surface area contributed by atoms with Crippen LogP contribution in [-0.4, -0.2) is 55.4 Å². The first kappa shape index (κ1) is 16.6. The molecule has 0 aliphatic carbocycles. The number of nitrogens with zero attached hydrogens (tertiary/aromatic N) is 1. The standard InChI is InChI=1S/C16H31N3O2/c1-16(2,3)21-15(20)19-9-5-7-14(12-19)18-11-13-6-4-8-17-10-13/h13-14,17-18H,4-12H2,1-3H3. The van der Waals surface area contributed by atoms with Crippen LogP contribution in [0.15, 0.2) is 0 Å². The molecule has 2 aliphatic rings. The number of hydrogen-bond donors (Lipinski definition) is 2. The molecule has 1 amide bonds. The molecule has 0 radical (unpaired) electrons. The smallest absolute Gasteiger partial charge is 0.410 e. The molecule has 2 saturated heterocycles. The fourth-order valence-corrected chi connectivity index (χ4v) is 3.07. The fraction of sp³-hybridized carbons (Fsp3) is 0.938. The topological polar surface area (TPSA) is 53.6 Å². The van der Waals surface area contributed by atoms with Crippen molar-refractivity contribution in [3.8, 4) is 0 Å². The first-order valence-corrected chi connectivity index (χ1v) is 8.36. The van der Waals surface area contributed by atoms with Gasteiger partial charge in [-0.25, -0.2) is 4.79 Å². The van der Waals surface area contributed by atoms with Gasteiger partial charge in [0.05, 0.1) is 0 Å². The maximum atomic E-state index is 12.1. The Kier molecular flexibility index (Phi) is 5.88. The van der Waals surface area contributed by atoms with E-state index in [0.29, 0.717) is 6.04 Å². The highest BCUT2D eigenvalue weighted by Crippen LogP contribution is 2.16. The molecule has 2 aliphatic heterocycles. The first-order chi connectivity index (χ1) is 9.94. The van der Waals surface area contributed by atoms with Crippen LogP contribution in [0.1, 0.15) is 46.5 Å². The van der Waals surface area contributed by atoms with Gasteiger partial charge in [0, 0.05) is 19.1 Å². The summed E-state index contributed by atoms with van der Waals surface area (Å²) in [4.78, 5) is 14.0. The average Bonchev–Trinajstić information content (AvgIpc) is 2.45. The number of piperidine rings is 2. The van der Waals surface area contributed by atoms with E-state index in [9.17, 15) is 4.79 Å². The molecule has 2 heterocycles. The van der Waals surface area contributed by atoms with Crippen molar-refractivity contribution < 1.29 is 9.53 Å². The second-order valence-electron chi connectivity index (χ2n) is 7.39. The lowest BCUT2D eigenvalue weighted by atomic mass is 9.98. The Morgan fingerprint density at radius 1 is 1.33 bits per heavy atom. The Bertz CT molecular complexity index is 335. The quantitative estimate of drug-likeness (QED) is 0.836. The van der Waals surface area contributed by atoms with Crippen LogP contribution in [0.5, 0.6) is 0 Å². The second-order valence-corrected chi connectivity index (χ2v) is 7.39. The summed E-state index contributed by atoms with van der Waals surface area (Å²) >= 11 is 0. The molecule has 0 spiro atoms. The van der Waals surface area contributed by atoms with E-state index in [-0.39, 0.29) is 6.09 Å². The number of likely N-dealkylation sites (tertiary alicyclic amines) is 1. The van der Waals surface area contributed by atoms with Gasteiger partial charge in [-0.2, -0.15) is 0 Å². The fourth-order valence-electron chi connectivity index (χ4n) is 3.07. The number of carbonyl (C=O) groups excluding carboxylic acids is 1. The van der Waals surface area contributed by atoms with Gasteiger partial charge in [-0.3, -0.25) is 0 Å². The van der Waals surface area contributed by atoms with Crippen molar-refractivity contribution in [3.63, 3.8) is 0 Å². The zero-order chi connectivity index (χ0) is 15.3. The molecule has 0 aromatic heterocycles. The lowest BCUT2D eigenvalue weighted by molar-refractivity contribution is 0.0186. The molecule has 2 rings (SSSR count). The van der Waals surface area contributed by atoms with Gasteiger partial charge in [0.1, 0.15) is 5.60 Å². The molecule has 5 nitrogen and oxygen atoms in total. The zero-order valence-electron chi connectivity index (χ0n) is 13.8. The highest BCUT2D eigenvalue weighted by molar-refractivity contribution is 5.68. The van der Waals surface area contributed by atoms with E-state index in [1.54, 1.807) is 0 Å². The summed E-state index contributed by atoms with van der Waals surface area (Å²) in [7, 11) is 0. The van der Waals surface area contributed by atoms with Crippen LogP contribution in [0.2, 0.25) is 0 Å². The van der Waals surface area contributed by atoms with Crippen molar-refractivity contribution >= 4 is 6.09 Å². The largest absolute Gasteiger partial charge is 0.444 e. The summed E-state index contributed by atoms with van der Waals surface area (Å²) in [6.45, 7) is 10.7.